The van der Waals surface area contributed by atoms with Crippen LogP contribution in [0.25, 0.3) is 6.08 Å². The Bertz CT molecular complexity index is 596. The molecule has 0 radical (unpaired) electrons. The van der Waals surface area contributed by atoms with E-state index in [-0.39, 0.29) is 23.4 Å². The fraction of sp³-hybridized carbons (Fsp3) is 0.375. The number of carbonyl (C=O) groups excluding carboxylic acids is 1. The molecule has 4 N–H and O–H groups in total. The predicted molar refractivity (Wildman–Crippen MR) is 80.3 cm³/mol. The minimum Gasteiger partial charge on any atom is -0.504 e. The molecule has 1 aliphatic rings. The molecule has 6 heteroatoms. The summed E-state index contributed by atoms with van der Waals surface area (Å²) in [4.78, 5) is 22.8. The van der Waals surface area contributed by atoms with Gasteiger partial charge in [0.15, 0.2) is 11.5 Å². The number of nitrogens with one attached hydrogen (secondary N) is 1. The topological polar surface area (TPSA) is 107 Å². The first kappa shape index (κ1) is 15.9. The van der Waals surface area contributed by atoms with Gasteiger partial charge in [0.1, 0.15) is 0 Å². The van der Waals surface area contributed by atoms with Crippen LogP contribution < -0.4 is 5.32 Å². The number of hydrogen-bond donors (Lipinski definition) is 4. The fourth-order valence-electron chi connectivity index (χ4n) is 2.61. The van der Waals surface area contributed by atoms with Gasteiger partial charge in [-0.15, -0.1) is 0 Å². The van der Waals surface area contributed by atoms with E-state index < -0.39 is 11.9 Å². The minimum absolute atomic E-state index is 0.125. The molecule has 0 unspecified atom stereocenters. The zero-order valence-electron chi connectivity index (χ0n) is 12.0. The number of phenolic OH excluding ortho intramolecular Hbond substituents is 2. The Hall–Kier alpha value is -2.50. The zero-order chi connectivity index (χ0) is 16.1. The number of amides is 1. The number of carbonyl (C=O) groups is 2. The lowest BCUT2D eigenvalue weighted by Crippen LogP contribution is -2.39. The first-order chi connectivity index (χ1) is 10.5. The summed E-state index contributed by atoms with van der Waals surface area (Å²) >= 11 is 0. The maximum Gasteiger partial charge on any atom is 0.306 e. The Morgan fingerprint density at radius 3 is 2.64 bits per heavy atom. The largest absolute Gasteiger partial charge is 0.504 e. The van der Waals surface area contributed by atoms with Crippen LogP contribution in [0.2, 0.25) is 0 Å². The van der Waals surface area contributed by atoms with Crippen molar-refractivity contribution in [1.82, 2.24) is 5.32 Å². The van der Waals surface area contributed by atoms with E-state index in [1.807, 2.05) is 0 Å². The van der Waals surface area contributed by atoms with Crippen LogP contribution in [0.1, 0.15) is 31.2 Å². The molecule has 0 bridgehead atoms. The molecule has 0 spiro atoms. The molecule has 1 aromatic carbocycles. The molecule has 2 rings (SSSR count). The third kappa shape index (κ3) is 4.25. The minimum atomic E-state index is -0.811. The van der Waals surface area contributed by atoms with Crippen LogP contribution in [-0.4, -0.2) is 33.2 Å². The monoisotopic (exact) mass is 305 g/mol. The van der Waals surface area contributed by atoms with Gasteiger partial charge in [0.25, 0.3) is 0 Å². The molecule has 1 aliphatic carbocycles. The quantitative estimate of drug-likeness (QED) is 0.502. The van der Waals surface area contributed by atoms with Gasteiger partial charge in [-0.3, -0.25) is 9.59 Å². The van der Waals surface area contributed by atoms with Crippen molar-refractivity contribution in [3.8, 4) is 11.5 Å². The van der Waals surface area contributed by atoms with E-state index in [0.29, 0.717) is 18.4 Å². The molecule has 1 aromatic rings. The van der Waals surface area contributed by atoms with Crippen LogP contribution in [0.15, 0.2) is 24.3 Å². The normalized spacial score (nSPS) is 21.6. The van der Waals surface area contributed by atoms with Gasteiger partial charge in [0, 0.05) is 12.1 Å². The lowest BCUT2D eigenvalue weighted by Gasteiger charge is -2.26. The molecule has 118 valence electrons. The molecule has 2 atom stereocenters. The van der Waals surface area contributed by atoms with Crippen molar-refractivity contribution >= 4 is 18.0 Å². The summed E-state index contributed by atoms with van der Waals surface area (Å²) in [6.07, 6.45) is 5.53. The highest BCUT2D eigenvalue weighted by atomic mass is 16.4. The smallest absolute Gasteiger partial charge is 0.306 e. The lowest BCUT2D eigenvalue weighted by atomic mass is 9.86. The van der Waals surface area contributed by atoms with E-state index in [1.165, 1.54) is 24.3 Å². The van der Waals surface area contributed by atoms with Crippen molar-refractivity contribution in [2.45, 2.75) is 31.7 Å². The fourth-order valence-corrected chi connectivity index (χ4v) is 2.61. The highest BCUT2D eigenvalue weighted by Gasteiger charge is 2.27. The van der Waals surface area contributed by atoms with Gasteiger partial charge in [-0.2, -0.15) is 0 Å². The van der Waals surface area contributed by atoms with E-state index in [2.05, 4.69) is 5.32 Å². The molecule has 0 aliphatic heterocycles. The third-order valence-corrected chi connectivity index (χ3v) is 3.80. The van der Waals surface area contributed by atoms with Crippen molar-refractivity contribution in [2.24, 2.45) is 5.92 Å². The van der Waals surface area contributed by atoms with Gasteiger partial charge in [0.05, 0.1) is 5.92 Å². The van der Waals surface area contributed by atoms with Crippen molar-refractivity contribution < 1.29 is 24.9 Å². The molecular formula is C16H19NO5. The molecule has 0 saturated heterocycles. The molecule has 1 saturated carbocycles. The summed E-state index contributed by atoms with van der Waals surface area (Å²) in [5.41, 5.74) is 0.581. The molecule has 6 nitrogen and oxygen atoms in total. The predicted octanol–water partition coefficient (Wildman–Crippen LogP) is 1.87. The van der Waals surface area contributed by atoms with E-state index in [1.54, 1.807) is 6.07 Å². The lowest BCUT2D eigenvalue weighted by molar-refractivity contribution is -0.143. The highest BCUT2D eigenvalue weighted by Crippen LogP contribution is 2.26. The number of carboxylic acid groups (broad SMARTS) is 1. The first-order valence-corrected chi connectivity index (χ1v) is 7.19. The Morgan fingerprint density at radius 2 is 1.95 bits per heavy atom. The van der Waals surface area contributed by atoms with Gasteiger partial charge in [0.2, 0.25) is 5.91 Å². The molecule has 22 heavy (non-hydrogen) atoms. The second kappa shape index (κ2) is 6.98. The summed E-state index contributed by atoms with van der Waals surface area (Å²) in [5, 5.41) is 30.4. The summed E-state index contributed by atoms with van der Waals surface area (Å²) in [5.74, 6) is -1.97. The number of benzene rings is 1. The zero-order valence-corrected chi connectivity index (χ0v) is 12.0. The average molecular weight is 305 g/mol. The van der Waals surface area contributed by atoms with Gasteiger partial charge in [-0.05, 0) is 43.0 Å². The number of aliphatic carboxylic acids is 1. The van der Waals surface area contributed by atoms with Crippen LogP contribution in [0.4, 0.5) is 0 Å². The van der Waals surface area contributed by atoms with E-state index >= 15 is 0 Å². The van der Waals surface area contributed by atoms with Crippen LogP contribution in [0.5, 0.6) is 11.5 Å². The molecular weight excluding hydrogens is 286 g/mol. The van der Waals surface area contributed by atoms with Crippen LogP contribution in [0.3, 0.4) is 0 Å². The second-order valence-electron chi connectivity index (χ2n) is 5.49. The van der Waals surface area contributed by atoms with Gasteiger partial charge >= 0.3 is 5.97 Å². The molecule has 1 amide bonds. The van der Waals surface area contributed by atoms with E-state index in [0.717, 1.165) is 12.8 Å². The van der Waals surface area contributed by atoms with E-state index in [9.17, 15) is 19.8 Å². The first-order valence-electron chi connectivity index (χ1n) is 7.19. The molecule has 0 aromatic heterocycles. The number of hydrogen-bond acceptors (Lipinski definition) is 4. The number of phenols is 2. The Kier molecular flexibility index (Phi) is 5.04. The standard InChI is InChI=1S/C16H19NO5/c18-13-6-4-10(8-14(13)19)5-7-15(20)17-12-3-1-2-11(9-12)16(21)22/h4-8,11-12,18-19H,1-3,9H2,(H,17,20)(H,21,22)/b7-5+/t11-,12-/m1/s1. The van der Waals surface area contributed by atoms with Crippen molar-refractivity contribution in [3.05, 3.63) is 29.8 Å². The van der Waals surface area contributed by atoms with Crippen molar-refractivity contribution in [2.75, 3.05) is 0 Å². The van der Waals surface area contributed by atoms with Crippen LogP contribution >= 0.6 is 0 Å². The van der Waals surface area contributed by atoms with Gasteiger partial charge < -0.3 is 20.6 Å². The third-order valence-electron chi connectivity index (χ3n) is 3.80. The summed E-state index contributed by atoms with van der Waals surface area (Å²) in [6.45, 7) is 0. The Balaban J connectivity index is 1.90. The number of carboxylic acids is 1. The van der Waals surface area contributed by atoms with Crippen LogP contribution in [-0.2, 0) is 9.59 Å². The van der Waals surface area contributed by atoms with Gasteiger partial charge in [-0.1, -0.05) is 12.5 Å². The summed E-state index contributed by atoms with van der Waals surface area (Å²) in [7, 11) is 0. The maximum absolute atomic E-state index is 11.9. The average Bonchev–Trinajstić information content (AvgIpc) is 2.49. The Labute approximate surface area is 128 Å². The highest BCUT2D eigenvalue weighted by molar-refractivity contribution is 5.92. The van der Waals surface area contributed by atoms with E-state index in [4.69, 9.17) is 5.11 Å². The SMILES string of the molecule is O=C(/C=C/c1ccc(O)c(O)c1)N[C@@H]1CCC[C@@H](C(=O)O)C1. The molecule has 1 fully saturated rings. The van der Waals surface area contributed by atoms with Crippen molar-refractivity contribution in [1.29, 1.82) is 0 Å². The van der Waals surface area contributed by atoms with Crippen molar-refractivity contribution in [3.63, 3.8) is 0 Å². The summed E-state index contributed by atoms with van der Waals surface area (Å²) < 4.78 is 0. The number of rotatable bonds is 4. The van der Waals surface area contributed by atoms with Gasteiger partial charge in [-0.25, -0.2) is 0 Å². The number of aromatic hydroxyl groups is 2. The summed E-state index contributed by atoms with van der Waals surface area (Å²) in [6, 6.07) is 4.13. The second-order valence-corrected chi connectivity index (χ2v) is 5.49. The maximum atomic E-state index is 11.9. The molecule has 0 heterocycles. The Morgan fingerprint density at radius 1 is 1.18 bits per heavy atom. The van der Waals surface area contributed by atoms with Crippen LogP contribution in [0, 0.1) is 5.92 Å².